The number of nitrogens with one attached hydrogen (secondary N) is 2. The van der Waals surface area contributed by atoms with Crippen molar-refractivity contribution >= 4 is 63.2 Å². The highest BCUT2D eigenvalue weighted by Crippen LogP contribution is 2.17. The number of nitro benzene ring substituents is 1. The minimum atomic E-state index is -3.67. The summed E-state index contributed by atoms with van der Waals surface area (Å²) in [6.45, 7) is 0.359. The molecule has 2 atom stereocenters. The molecule has 0 aliphatic carbocycles. The Morgan fingerprint density at radius 2 is 1.61 bits per heavy atom. The van der Waals surface area contributed by atoms with E-state index in [1.807, 2.05) is 24.3 Å². The summed E-state index contributed by atoms with van der Waals surface area (Å²) in [5.41, 5.74) is 12.6. The van der Waals surface area contributed by atoms with Crippen molar-refractivity contribution in [1.82, 2.24) is 5.32 Å². The summed E-state index contributed by atoms with van der Waals surface area (Å²) >= 11 is 5.08. The molecule has 9 N–H and O–H groups in total. The number of hydrogen-bond acceptors (Lipinski definition) is 12. The van der Waals surface area contributed by atoms with Gasteiger partial charge in [-0.1, -0.05) is 23.9 Å². The molecule has 0 spiro atoms. The molecule has 0 fully saturated rings. The number of nitrogens with zero attached hydrogens (tertiary/aromatic N) is 1. The van der Waals surface area contributed by atoms with Crippen molar-refractivity contribution in [2.45, 2.75) is 38.0 Å². The number of non-ortho nitro benzene ring substituents is 1. The summed E-state index contributed by atoms with van der Waals surface area (Å²) in [5, 5.41) is 37.1. The molecule has 0 aliphatic heterocycles. The third kappa shape index (κ3) is 20.9. The van der Waals surface area contributed by atoms with E-state index in [1.54, 1.807) is 12.1 Å². The maximum atomic E-state index is 11.2. The van der Waals surface area contributed by atoms with Crippen molar-refractivity contribution in [1.29, 1.82) is 5.41 Å². The molecule has 0 saturated carbocycles. The van der Waals surface area contributed by atoms with E-state index in [0.29, 0.717) is 12.9 Å². The van der Waals surface area contributed by atoms with Gasteiger partial charge in [-0.3, -0.25) is 29.7 Å². The molecule has 0 radical (unpaired) electrons. The Kier molecular flexibility index (Phi) is 19.0. The lowest BCUT2D eigenvalue weighted by molar-refractivity contribution is -0.384. The lowest BCUT2D eigenvalue weighted by atomic mass is 10.1. The van der Waals surface area contributed by atoms with Gasteiger partial charge in [0.15, 0.2) is 5.17 Å². The number of thiol groups is 1. The van der Waals surface area contributed by atoms with Gasteiger partial charge >= 0.3 is 11.9 Å². The van der Waals surface area contributed by atoms with Crippen LogP contribution < -0.4 is 21.5 Å². The molecule has 0 heterocycles. The number of amidine groups is 1. The second-order valence-corrected chi connectivity index (χ2v) is 11.6. The summed E-state index contributed by atoms with van der Waals surface area (Å²) in [4.78, 5) is 42.2. The first-order valence-corrected chi connectivity index (χ1v) is 15.8. The monoisotopic (exact) mass is 677 g/mol. The Hall–Kier alpha value is -3.91. The van der Waals surface area contributed by atoms with Crippen molar-refractivity contribution in [2.24, 2.45) is 11.5 Å². The topological polar surface area (TPSA) is 286 Å². The highest BCUT2D eigenvalue weighted by atomic mass is 32.2. The van der Waals surface area contributed by atoms with Crippen LogP contribution in [0.2, 0.25) is 0 Å². The molecule has 2 aromatic carbocycles. The number of nitrogens with two attached hydrogens (primary N) is 2. The molecule has 2 rings (SSSR count). The Morgan fingerprint density at radius 3 is 2.05 bits per heavy atom. The Bertz CT molecular complexity index is 1330. The van der Waals surface area contributed by atoms with E-state index in [1.165, 1.54) is 23.9 Å². The molecule has 0 aliphatic rings. The Morgan fingerprint density at radius 1 is 1.09 bits per heavy atom. The Labute approximate surface area is 263 Å². The average molecular weight is 678 g/mol. The second-order valence-electron chi connectivity index (χ2n) is 8.68. The highest BCUT2D eigenvalue weighted by Gasteiger charge is 2.19. The summed E-state index contributed by atoms with van der Waals surface area (Å²) in [6, 6.07) is 11.8. The number of nitro groups is 1. The van der Waals surface area contributed by atoms with Crippen molar-refractivity contribution < 1.29 is 47.2 Å². The molecular formula is C25H35N5O11S3. The van der Waals surface area contributed by atoms with Crippen LogP contribution in [0.3, 0.4) is 0 Å². The predicted octanol–water partition coefficient (Wildman–Crippen LogP) is 1.52. The third-order valence-corrected chi connectivity index (χ3v) is 6.02. The van der Waals surface area contributed by atoms with Crippen molar-refractivity contribution in [2.75, 3.05) is 17.8 Å². The number of hydrogen-bond donors (Lipinski definition) is 8. The lowest BCUT2D eigenvalue weighted by Gasteiger charge is -2.12. The largest absolute Gasteiger partial charge is 0.489 e. The molecule has 16 nitrogen and oxygen atoms in total. The maximum absolute atomic E-state index is 11.2. The molecule has 0 aromatic heterocycles. The zero-order chi connectivity index (χ0) is 33.9. The van der Waals surface area contributed by atoms with E-state index in [9.17, 15) is 32.9 Å². The zero-order valence-electron chi connectivity index (χ0n) is 23.5. The normalized spacial score (nSPS) is 11.7. The van der Waals surface area contributed by atoms with Gasteiger partial charge in [-0.2, -0.15) is 21.0 Å². The highest BCUT2D eigenvalue weighted by molar-refractivity contribution is 8.13. The third-order valence-electron chi connectivity index (χ3n) is 4.94. The average Bonchev–Trinajstić information content (AvgIpc) is 2.93. The van der Waals surface area contributed by atoms with Crippen LogP contribution in [-0.4, -0.2) is 81.0 Å². The molecule has 19 heteroatoms. The van der Waals surface area contributed by atoms with E-state index in [-0.39, 0.29) is 29.4 Å². The Balaban J connectivity index is 0.000000766. The van der Waals surface area contributed by atoms with Gasteiger partial charge < -0.3 is 31.7 Å². The van der Waals surface area contributed by atoms with Crippen LogP contribution in [0.4, 0.5) is 5.69 Å². The summed E-state index contributed by atoms with van der Waals surface area (Å²) in [6.07, 6.45) is 1.38. The number of thioether (sulfide) groups is 1. The van der Waals surface area contributed by atoms with Crippen LogP contribution in [0.25, 0.3) is 0 Å². The van der Waals surface area contributed by atoms with Gasteiger partial charge in [0.25, 0.3) is 15.8 Å². The number of carboxylic acid groups (broad SMARTS) is 2. The van der Waals surface area contributed by atoms with Gasteiger partial charge in [-0.15, -0.1) is 0 Å². The number of aliphatic carboxylic acids is 2. The summed E-state index contributed by atoms with van der Waals surface area (Å²) in [7, 11) is -3.67. The molecule has 0 bridgehead atoms. The van der Waals surface area contributed by atoms with Gasteiger partial charge in [-0.25, -0.2) is 4.79 Å². The number of benzene rings is 2. The number of aryl methyl sites for hydroxylation is 1. The van der Waals surface area contributed by atoms with Crippen molar-refractivity contribution in [3.8, 4) is 5.75 Å². The van der Waals surface area contributed by atoms with Crippen LogP contribution in [0.5, 0.6) is 5.75 Å². The fourth-order valence-corrected chi connectivity index (χ4v) is 3.58. The fourth-order valence-electron chi connectivity index (χ4n) is 2.77. The van der Waals surface area contributed by atoms with Gasteiger partial charge in [0.1, 0.15) is 24.4 Å². The molecule has 44 heavy (non-hydrogen) atoms. The first-order valence-electron chi connectivity index (χ1n) is 12.4. The molecule has 0 unspecified atom stereocenters. The van der Waals surface area contributed by atoms with E-state index < -0.39 is 45.0 Å². The van der Waals surface area contributed by atoms with Gasteiger partial charge in [-0.05, 0) is 48.2 Å². The summed E-state index contributed by atoms with van der Waals surface area (Å²) < 4.78 is 31.5. The zero-order valence-corrected chi connectivity index (χ0v) is 26.0. The number of ether oxygens (including phenoxy) is 1. The predicted molar refractivity (Wildman–Crippen MR) is 168 cm³/mol. The lowest BCUT2D eigenvalue weighted by Crippen LogP contribution is -2.42. The fraction of sp³-hybridized carbons (Fsp3) is 0.360. The van der Waals surface area contributed by atoms with Crippen LogP contribution in [0.15, 0.2) is 48.5 Å². The van der Waals surface area contributed by atoms with Crippen molar-refractivity contribution in [3.63, 3.8) is 0 Å². The van der Waals surface area contributed by atoms with Crippen LogP contribution in [0.1, 0.15) is 24.0 Å². The van der Waals surface area contributed by atoms with Gasteiger partial charge in [0.05, 0.1) is 11.2 Å². The molecule has 244 valence electrons. The standard InChI is InChI=1S/C16H17N3O3S.C8H14N2O5S.CH4O3S/c17-16(18)23-10-9-12-3-7-15(8-4-12)22-11-13-1-5-14(6-2-13)19(20)21;9-4(7(12)13)1-2-6(11)10-5(3-16)8(14)15;1-5(2,3)4/h1-8H,9-11H2,(H3,17,18);4-5,16H,1-3,9H2,(H,10,11)(H,12,13)(H,14,15);1H3,(H,2,3,4)/t;4-,5+;/m.0./s1. The van der Waals surface area contributed by atoms with E-state index in [2.05, 4.69) is 17.9 Å². The van der Waals surface area contributed by atoms with Gasteiger partial charge in [0.2, 0.25) is 5.91 Å². The second kappa shape index (κ2) is 20.9. The first-order chi connectivity index (χ1) is 20.4. The SMILES string of the molecule is CS(=O)(=O)O.N=C(N)SCCc1ccc(OCc2ccc([N+](=O)[O-])cc2)cc1.N[C@@H](CCC(=O)N[C@H](CS)C(=O)O)C(=O)O. The van der Waals surface area contributed by atoms with Crippen molar-refractivity contribution in [3.05, 3.63) is 69.8 Å². The van der Waals surface area contributed by atoms with Crippen LogP contribution in [0, 0.1) is 15.5 Å². The van der Waals surface area contributed by atoms with E-state index in [4.69, 9.17) is 36.4 Å². The number of carbonyl (C=O) groups excluding carboxylic acids is 1. The first kappa shape index (κ1) is 40.1. The smallest absolute Gasteiger partial charge is 0.327 e. The van der Waals surface area contributed by atoms with E-state index in [0.717, 1.165) is 29.1 Å². The number of carboxylic acids is 2. The molecule has 2 aromatic rings. The molecule has 0 saturated heterocycles. The molecular weight excluding hydrogens is 643 g/mol. The molecule has 1 amide bonds. The quantitative estimate of drug-likeness (QED) is 0.0351. The maximum Gasteiger partial charge on any atom is 0.327 e. The number of rotatable bonds is 14. The van der Waals surface area contributed by atoms with Crippen LogP contribution >= 0.6 is 24.4 Å². The van der Waals surface area contributed by atoms with E-state index >= 15 is 0 Å². The minimum Gasteiger partial charge on any atom is -0.489 e. The minimum absolute atomic E-state index is 0.0357. The van der Waals surface area contributed by atoms with Gasteiger partial charge in [0, 0.05) is 30.1 Å². The number of amides is 1. The summed E-state index contributed by atoms with van der Waals surface area (Å²) in [5.74, 6) is -1.46. The van der Waals surface area contributed by atoms with Crippen LogP contribution in [-0.2, 0) is 37.5 Å². The number of carbonyl (C=O) groups is 3.